The largest absolute Gasteiger partial charge is 0.122 e. The van der Waals surface area contributed by atoms with Crippen LogP contribution < -0.4 is 0 Å². The normalized spacial score (nSPS) is 10.4. The van der Waals surface area contributed by atoms with E-state index in [9.17, 15) is 0 Å². The molecule has 0 nitrogen and oxygen atoms in total. The predicted molar refractivity (Wildman–Crippen MR) is 76.8 cm³/mol. The van der Waals surface area contributed by atoms with Crippen molar-refractivity contribution in [2.75, 3.05) is 0 Å². The molecule has 0 amide bonds. The number of alkyl halides is 1. The molecular formula is C13H9Br2Cl. The van der Waals surface area contributed by atoms with Crippen molar-refractivity contribution in [3.8, 4) is 11.1 Å². The van der Waals surface area contributed by atoms with Crippen LogP contribution in [0.1, 0.15) is 5.56 Å². The van der Waals surface area contributed by atoms with E-state index in [1.54, 1.807) is 0 Å². The fourth-order valence-electron chi connectivity index (χ4n) is 1.57. The Morgan fingerprint density at radius 3 is 2.25 bits per heavy atom. The van der Waals surface area contributed by atoms with E-state index in [-0.39, 0.29) is 0 Å². The third-order valence-electron chi connectivity index (χ3n) is 2.39. The summed E-state index contributed by atoms with van der Waals surface area (Å²) in [6, 6.07) is 14.3. The first-order chi connectivity index (χ1) is 7.74. The van der Waals surface area contributed by atoms with Crippen molar-refractivity contribution < 1.29 is 0 Å². The van der Waals surface area contributed by atoms with Gasteiger partial charge in [-0.2, -0.15) is 0 Å². The van der Waals surface area contributed by atoms with Crippen molar-refractivity contribution in [2.45, 2.75) is 5.88 Å². The number of hydrogen-bond donors (Lipinski definition) is 0. The maximum atomic E-state index is 5.89. The minimum atomic E-state index is 0.513. The zero-order chi connectivity index (χ0) is 11.5. The van der Waals surface area contributed by atoms with Crippen molar-refractivity contribution in [2.24, 2.45) is 0 Å². The minimum Gasteiger partial charge on any atom is -0.122 e. The molecule has 0 radical (unpaired) electrons. The summed E-state index contributed by atoms with van der Waals surface area (Å²) in [5.41, 5.74) is 3.43. The van der Waals surface area contributed by atoms with Gasteiger partial charge in [-0.25, -0.2) is 0 Å². The van der Waals surface area contributed by atoms with Crippen LogP contribution in [-0.2, 0) is 5.88 Å². The smallest absolute Gasteiger partial charge is 0.0485 e. The monoisotopic (exact) mass is 358 g/mol. The first kappa shape index (κ1) is 12.2. The van der Waals surface area contributed by atoms with E-state index >= 15 is 0 Å². The summed E-state index contributed by atoms with van der Waals surface area (Å²) < 4.78 is 2.15. The zero-order valence-corrected chi connectivity index (χ0v) is 12.3. The molecule has 0 fully saturated rings. The maximum absolute atomic E-state index is 5.89. The second kappa shape index (κ2) is 5.35. The van der Waals surface area contributed by atoms with Gasteiger partial charge >= 0.3 is 0 Å². The van der Waals surface area contributed by atoms with Crippen molar-refractivity contribution in [1.29, 1.82) is 0 Å². The van der Waals surface area contributed by atoms with Crippen molar-refractivity contribution in [3.05, 3.63) is 57.0 Å². The number of rotatable bonds is 2. The Morgan fingerprint density at radius 1 is 0.875 bits per heavy atom. The fraction of sp³-hybridized carbons (Fsp3) is 0.0769. The molecule has 82 valence electrons. The minimum absolute atomic E-state index is 0.513. The van der Waals surface area contributed by atoms with Crippen LogP contribution in [0.4, 0.5) is 0 Å². The Balaban J connectivity index is 2.61. The predicted octanol–water partition coefficient (Wildman–Crippen LogP) is 5.62. The highest BCUT2D eigenvalue weighted by atomic mass is 79.9. The summed E-state index contributed by atoms with van der Waals surface area (Å²) in [6.45, 7) is 0. The number of hydrogen-bond acceptors (Lipinski definition) is 0. The molecule has 16 heavy (non-hydrogen) atoms. The Morgan fingerprint density at radius 2 is 1.56 bits per heavy atom. The van der Waals surface area contributed by atoms with Gasteiger partial charge in [-0.1, -0.05) is 52.3 Å². The summed E-state index contributed by atoms with van der Waals surface area (Å²) in [6.07, 6.45) is 0. The molecule has 3 heteroatoms. The Hall–Kier alpha value is -0.310. The van der Waals surface area contributed by atoms with Gasteiger partial charge < -0.3 is 0 Å². The second-order valence-corrected chi connectivity index (χ2v) is 5.31. The van der Waals surface area contributed by atoms with Gasteiger partial charge in [0.25, 0.3) is 0 Å². The van der Waals surface area contributed by atoms with Crippen LogP contribution in [0.25, 0.3) is 11.1 Å². The van der Waals surface area contributed by atoms with E-state index in [1.165, 1.54) is 5.56 Å². The SMILES string of the molecule is ClCc1cccc(-c2ccccc2Br)c1Br. The lowest BCUT2D eigenvalue weighted by Gasteiger charge is -2.09. The molecule has 0 heterocycles. The highest BCUT2D eigenvalue weighted by Gasteiger charge is 2.08. The van der Waals surface area contributed by atoms with Gasteiger partial charge in [-0.15, -0.1) is 11.6 Å². The maximum Gasteiger partial charge on any atom is 0.0485 e. The third-order valence-corrected chi connectivity index (χ3v) is 4.30. The van der Waals surface area contributed by atoms with Crippen LogP contribution in [0.15, 0.2) is 51.4 Å². The molecule has 0 spiro atoms. The van der Waals surface area contributed by atoms with Crippen molar-refractivity contribution >= 4 is 43.5 Å². The fourth-order valence-corrected chi connectivity index (χ4v) is 3.07. The van der Waals surface area contributed by atoms with Gasteiger partial charge in [-0.05, 0) is 38.7 Å². The van der Waals surface area contributed by atoms with Crippen molar-refractivity contribution in [3.63, 3.8) is 0 Å². The van der Waals surface area contributed by atoms with Crippen LogP contribution in [-0.4, -0.2) is 0 Å². The standard InChI is InChI=1S/C13H9Br2Cl/c14-12-7-2-1-5-10(12)11-6-3-4-9(8-16)13(11)15/h1-7H,8H2. The molecule has 0 aliphatic carbocycles. The van der Waals surface area contributed by atoms with E-state index in [2.05, 4.69) is 44.0 Å². The summed E-state index contributed by atoms with van der Waals surface area (Å²) in [5.74, 6) is 0.513. The molecule has 2 aromatic rings. The molecule has 0 aliphatic heterocycles. The number of halogens is 3. The molecule has 0 aromatic heterocycles. The van der Waals surface area contributed by atoms with Gasteiger partial charge in [0.1, 0.15) is 0 Å². The van der Waals surface area contributed by atoms with Crippen LogP contribution in [0.5, 0.6) is 0 Å². The van der Waals surface area contributed by atoms with E-state index in [4.69, 9.17) is 11.6 Å². The quantitative estimate of drug-likeness (QED) is 0.610. The first-order valence-corrected chi connectivity index (χ1v) is 6.94. The molecule has 0 saturated heterocycles. The van der Waals surface area contributed by atoms with Gasteiger partial charge in [0, 0.05) is 14.8 Å². The lowest BCUT2D eigenvalue weighted by molar-refractivity contribution is 1.37. The van der Waals surface area contributed by atoms with Crippen molar-refractivity contribution in [1.82, 2.24) is 0 Å². The Labute approximate surface area is 117 Å². The van der Waals surface area contributed by atoms with E-state index < -0.39 is 0 Å². The highest BCUT2D eigenvalue weighted by molar-refractivity contribution is 9.11. The van der Waals surface area contributed by atoms with Gasteiger partial charge in [0.05, 0.1) is 0 Å². The molecule has 2 aromatic carbocycles. The van der Waals surface area contributed by atoms with E-state index in [0.717, 1.165) is 20.1 Å². The van der Waals surface area contributed by atoms with Gasteiger partial charge in [0.2, 0.25) is 0 Å². The molecule has 0 unspecified atom stereocenters. The molecule has 0 N–H and O–H groups in total. The molecule has 0 aliphatic rings. The zero-order valence-electron chi connectivity index (χ0n) is 8.38. The van der Waals surface area contributed by atoms with E-state index in [0.29, 0.717) is 5.88 Å². The van der Waals surface area contributed by atoms with E-state index in [1.807, 2.05) is 30.3 Å². The summed E-state index contributed by atoms with van der Waals surface area (Å²) in [7, 11) is 0. The first-order valence-electron chi connectivity index (χ1n) is 4.82. The lowest BCUT2D eigenvalue weighted by Crippen LogP contribution is -1.86. The van der Waals surface area contributed by atoms with Gasteiger partial charge in [0.15, 0.2) is 0 Å². The van der Waals surface area contributed by atoms with Crippen LogP contribution in [0, 0.1) is 0 Å². The third kappa shape index (κ3) is 2.34. The van der Waals surface area contributed by atoms with Crippen LogP contribution >= 0.6 is 43.5 Å². The molecule has 0 bridgehead atoms. The summed E-state index contributed by atoms with van der Waals surface area (Å²) in [5, 5.41) is 0. The highest BCUT2D eigenvalue weighted by Crippen LogP contribution is 2.35. The average Bonchev–Trinajstić information content (AvgIpc) is 2.31. The summed E-state index contributed by atoms with van der Waals surface area (Å²) in [4.78, 5) is 0. The molecule has 0 saturated carbocycles. The average molecular weight is 360 g/mol. The van der Waals surface area contributed by atoms with Crippen LogP contribution in [0.3, 0.4) is 0 Å². The molecular weight excluding hydrogens is 351 g/mol. The molecule has 0 atom stereocenters. The molecule has 2 rings (SSSR count). The Bertz CT molecular complexity index is 509. The second-order valence-electron chi connectivity index (χ2n) is 3.39. The van der Waals surface area contributed by atoms with Crippen LogP contribution in [0.2, 0.25) is 0 Å². The Kier molecular flexibility index (Phi) is 4.06. The van der Waals surface area contributed by atoms with Gasteiger partial charge in [-0.3, -0.25) is 0 Å². The summed E-state index contributed by atoms with van der Waals surface area (Å²) >= 11 is 13.1. The topological polar surface area (TPSA) is 0 Å². The number of benzene rings is 2. The lowest BCUT2D eigenvalue weighted by atomic mass is 10.0.